The molecule has 0 saturated carbocycles. The van der Waals surface area contributed by atoms with Gasteiger partial charge in [0.1, 0.15) is 11.5 Å². The second kappa shape index (κ2) is 4.93. The van der Waals surface area contributed by atoms with Crippen molar-refractivity contribution in [3.05, 3.63) is 41.0 Å². The van der Waals surface area contributed by atoms with E-state index in [2.05, 4.69) is 0 Å². The quantitative estimate of drug-likeness (QED) is 0.609. The van der Waals surface area contributed by atoms with Gasteiger partial charge in [-0.3, -0.25) is 0 Å². The van der Waals surface area contributed by atoms with Gasteiger partial charge in [-0.25, -0.2) is 0 Å². The maximum atomic E-state index is 11.2. The lowest BCUT2D eigenvalue weighted by molar-refractivity contribution is 0.452. The number of phenolic OH excluding ortho intramolecular Hbond substituents is 2. The van der Waals surface area contributed by atoms with Crippen LogP contribution in [-0.4, -0.2) is 23.5 Å². The van der Waals surface area contributed by atoms with E-state index < -0.39 is 10.3 Å². The van der Waals surface area contributed by atoms with Gasteiger partial charge in [0.05, 0.1) is 4.86 Å². The van der Waals surface area contributed by atoms with Crippen molar-refractivity contribution in [2.75, 3.05) is 0 Å². The zero-order chi connectivity index (χ0) is 14.2. The molecule has 0 radical (unpaired) electrons. The maximum absolute atomic E-state index is 11.2. The van der Waals surface area contributed by atoms with Gasteiger partial charge >= 0.3 is 0 Å². The van der Waals surface area contributed by atoms with Crippen LogP contribution in [0.1, 0.15) is 23.1 Å². The van der Waals surface area contributed by atoms with E-state index in [-0.39, 0.29) is 22.8 Å². The maximum Gasteiger partial charge on any atom is 0.218 e. The van der Waals surface area contributed by atoms with Gasteiger partial charge in [0.25, 0.3) is 0 Å². The Morgan fingerprint density at radius 1 is 1.16 bits per heavy atom. The summed E-state index contributed by atoms with van der Waals surface area (Å²) in [6.07, 6.45) is 5.37. The van der Waals surface area contributed by atoms with Crippen molar-refractivity contribution in [2.45, 2.75) is 20.3 Å². The van der Waals surface area contributed by atoms with Crippen molar-refractivity contribution in [3.63, 3.8) is 0 Å². The lowest BCUT2D eigenvalue weighted by Crippen LogP contribution is -2.06. The molecule has 1 aliphatic rings. The normalized spacial score (nSPS) is 14.4. The minimum atomic E-state index is -2.36. The summed E-state index contributed by atoms with van der Waals surface area (Å²) in [4.78, 5) is 0.209. The van der Waals surface area contributed by atoms with Crippen LogP contribution in [0.3, 0.4) is 0 Å². The predicted molar refractivity (Wildman–Crippen MR) is 74.9 cm³/mol. The Labute approximate surface area is 112 Å². The highest BCUT2D eigenvalue weighted by atomic mass is 32.2. The van der Waals surface area contributed by atoms with Gasteiger partial charge in [-0.2, -0.15) is 8.42 Å². The van der Waals surface area contributed by atoms with E-state index >= 15 is 0 Å². The van der Waals surface area contributed by atoms with E-state index in [1.807, 2.05) is 0 Å². The lowest BCUT2D eigenvalue weighted by Gasteiger charge is -2.15. The Kier molecular flexibility index (Phi) is 3.48. The van der Waals surface area contributed by atoms with Crippen molar-refractivity contribution in [1.82, 2.24) is 0 Å². The van der Waals surface area contributed by atoms with Crippen molar-refractivity contribution in [1.29, 1.82) is 0 Å². The molecule has 1 aliphatic carbocycles. The molecule has 0 unspecified atom stereocenters. The van der Waals surface area contributed by atoms with E-state index in [1.165, 1.54) is 6.07 Å². The first kappa shape index (κ1) is 13.4. The molecule has 0 spiro atoms. The minimum absolute atomic E-state index is 0.000185. The highest BCUT2D eigenvalue weighted by Crippen LogP contribution is 2.37. The van der Waals surface area contributed by atoms with Gasteiger partial charge in [0.15, 0.2) is 0 Å². The average Bonchev–Trinajstić information content (AvgIpc) is 2.40. The summed E-state index contributed by atoms with van der Waals surface area (Å²) in [7, 11) is -2.36. The van der Waals surface area contributed by atoms with Gasteiger partial charge in [-0.1, -0.05) is 18.2 Å². The first-order valence-electron chi connectivity index (χ1n) is 5.78. The topological polar surface area (TPSA) is 74.6 Å². The molecule has 19 heavy (non-hydrogen) atoms. The van der Waals surface area contributed by atoms with E-state index in [0.717, 1.165) is 0 Å². The highest BCUT2D eigenvalue weighted by molar-refractivity contribution is 7.74. The molecule has 0 heterocycles. The van der Waals surface area contributed by atoms with Crippen LogP contribution in [0.25, 0.3) is 5.57 Å². The van der Waals surface area contributed by atoms with Gasteiger partial charge in [-0.15, -0.1) is 0 Å². The molecule has 0 atom stereocenters. The molecule has 0 aliphatic heterocycles. The monoisotopic (exact) mass is 278 g/mol. The zero-order valence-electron chi connectivity index (χ0n) is 10.6. The molecular formula is C14H14O4S. The van der Waals surface area contributed by atoms with Crippen LogP contribution in [0.2, 0.25) is 0 Å². The van der Waals surface area contributed by atoms with Crippen molar-refractivity contribution in [3.8, 4) is 11.5 Å². The van der Waals surface area contributed by atoms with E-state index in [4.69, 9.17) is 0 Å². The molecule has 100 valence electrons. The molecule has 1 aromatic rings. The number of hydrogen-bond donors (Lipinski definition) is 2. The first-order valence-corrected chi connectivity index (χ1v) is 6.85. The Hall–Kier alpha value is -2.01. The fourth-order valence-corrected chi connectivity index (χ4v) is 2.62. The van der Waals surface area contributed by atoms with Crippen LogP contribution in [0.5, 0.6) is 11.5 Å². The number of aromatic hydroxyl groups is 2. The molecule has 0 aromatic heterocycles. The SMILES string of the molecule is Cc1c(O)cc(C2=CC=CCC2=S(=O)=O)c(O)c1C. The molecule has 1 aromatic carbocycles. The highest BCUT2D eigenvalue weighted by Gasteiger charge is 2.19. The molecule has 5 heteroatoms. The summed E-state index contributed by atoms with van der Waals surface area (Å²) < 4.78 is 22.5. The molecule has 0 amide bonds. The summed E-state index contributed by atoms with van der Waals surface area (Å²) in [6.45, 7) is 3.38. The molecule has 0 saturated heterocycles. The summed E-state index contributed by atoms with van der Waals surface area (Å²) in [5, 5.41) is 20.0. The Morgan fingerprint density at radius 3 is 2.47 bits per heavy atom. The predicted octanol–water partition coefficient (Wildman–Crippen LogP) is 2.11. The summed E-state index contributed by atoms with van der Waals surface area (Å²) >= 11 is 0. The number of phenols is 2. The number of allylic oxidation sites excluding steroid dienone is 4. The Bertz CT molecular complexity index is 729. The van der Waals surface area contributed by atoms with Gasteiger partial charge < -0.3 is 10.2 Å². The standard InChI is InChI=1S/C14H14O4S/c1-8-9(2)14(16)11(7-12(8)15)10-5-3-4-6-13(10)19(17)18/h3-5,7,15-16H,6H2,1-2H3. The third kappa shape index (κ3) is 2.29. The molecular weight excluding hydrogens is 264 g/mol. The van der Waals surface area contributed by atoms with Gasteiger partial charge in [0.2, 0.25) is 10.3 Å². The molecule has 4 nitrogen and oxygen atoms in total. The third-order valence-corrected chi connectivity index (χ3v) is 4.12. The van der Waals surface area contributed by atoms with E-state index in [9.17, 15) is 18.6 Å². The van der Waals surface area contributed by atoms with Crippen LogP contribution in [0.15, 0.2) is 24.3 Å². The average molecular weight is 278 g/mol. The van der Waals surface area contributed by atoms with Crippen molar-refractivity contribution in [2.24, 2.45) is 0 Å². The number of benzene rings is 1. The smallest absolute Gasteiger partial charge is 0.218 e. The van der Waals surface area contributed by atoms with Gasteiger partial charge in [-0.05, 0) is 31.0 Å². The fourth-order valence-electron chi connectivity index (χ4n) is 2.03. The van der Waals surface area contributed by atoms with Crippen LogP contribution in [-0.2, 0) is 10.3 Å². The summed E-state index contributed by atoms with van der Waals surface area (Å²) in [5.74, 6) is 0.0385. The number of rotatable bonds is 1. The van der Waals surface area contributed by atoms with Crippen LogP contribution >= 0.6 is 0 Å². The third-order valence-electron chi connectivity index (χ3n) is 3.33. The Morgan fingerprint density at radius 2 is 1.84 bits per heavy atom. The Balaban J connectivity index is 2.76. The van der Waals surface area contributed by atoms with Crippen molar-refractivity contribution < 1.29 is 18.6 Å². The summed E-state index contributed by atoms with van der Waals surface area (Å²) in [5.41, 5.74) is 1.88. The second-order valence-corrected chi connectivity index (χ2v) is 5.37. The van der Waals surface area contributed by atoms with Crippen LogP contribution in [0.4, 0.5) is 0 Å². The molecule has 0 bridgehead atoms. The molecule has 2 rings (SSSR count). The van der Waals surface area contributed by atoms with E-state index in [0.29, 0.717) is 22.3 Å². The molecule has 2 N–H and O–H groups in total. The summed E-state index contributed by atoms with van der Waals surface area (Å²) in [6, 6.07) is 1.40. The molecule has 0 fully saturated rings. The second-order valence-electron chi connectivity index (χ2n) is 4.41. The van der Waals surface area contributed by atoms with Crippen molar-refractivity contribution >= 4 is 20.7 Å². The fraction of sp³-hybridized carbons (Fsp3) is 0.214. The minimum Gasteiger partial charge on any atom is -0.508 e. The zero-order valence-corrected chi connectivity index (χ0v) is 11.5. The van der Waals surface area contributed by atoms with Crippen LogP contribution in [0, 0.1) is 13.8 Å². The van der Waals surface area contributed by atoms with Gasteiger partial charge in [0, 0.05) is 17.6 Å². The largest absolute Gasteiger partial charge is 0.508 e. The number of hydrogen-bond acceptors (Lipinski definition) is 4. The van der Waals surface area contributed by atoms with E-state index in [1.54, 1.807) is 32.1 Å². The lowest BCUT2D eigenvalue weighted by atomic mass is 9.93. The van der Waals surface area contributed by atoms with Crippen LogP contribution < -0.4 is 0 Å². The first-order chi connectivity index (χ1) is 8.93.